The molecule has 5 atom stereocenters. The van der Waals surface area contributed by atoms with Crippen molar-refractivity contribution >= 4 is 0 Å². The van der Waals surface area contributed by atoms with Gasteiger partial charge in [-0.05, 0) is 37.5 Å². The largest absolute Gasteiger partial charge is 0.393 e. The highest BCUT2D eigenvalue weighted by molar-refractivity contribution is 5.21. The van der Waals surface area contributed by atoms with E-state index in [1.165, 1.54) is 12.1 Å². The van der Waals surface area contributed by atoms with Crippen LogP contribution in [0.5, 0.6) is 0 Å². The van der Waals surface area contributed by atoms with Gasteiger partial charge in [-0.3, -0.25) is 10.3 Å². The highest BCUT2D eigenvalue weighted by atomic mass is 19.4. The Balaban J connectivity index is 1.29. The van der Waals surface area contributed by atoms with Crippen molar-refractivity contribution in [2.24, 2.45) is 11.8 Å². The van der Waals surface area contributed by atoms with Crippen LogP contribution in [0.2, 0.25) is 0 Å². The highest BCUT2D eigenvalue weighted by Gasteiger charge is 2.43. The molecule has 0 amide bonds. The standard InChI is InChI=1S/C21H31F4N5/c1-14-12-29(8-9-30(14)19-7-4-17(11-26-19)21(23,24)25)13-16-10-27-28-20(16)15-2-5-18(22)6-3-15/h2-3,5-6,14,16-17,19-20,26-28H,4,7-13H2,1H3. The number of piperidine rings is 1. The third kappa shape index (κ3) is 4.96. The normalized spacial score (nSPS) is 34.4. The summed E-state index contributed by atoms with van der Waals surface area (Å²) in [6.07, 6.45) is -3.33. The molecule has 0 aromatic heterocycles. The van der Waals surface area contributed by atoms with Crippen LogP contribution in [0, 0.1) is 17.7 Å². The van der Waals surface area contributed by atoms with Gasteiger partial charge in [0.2, 0.25) is 0 Å². The summed E-state index contributed by atoms with van der Waals surface area (Å²) in [4.78, 5) is 4.77. The lowest BCUT2D eigenvalue weighted by Gasteiger charge is -2.47. The fourth-order valence-electron chi connectivity index (χ4n) is 5.14. The van der Waals surface area contributed by atoms with Gasteiger partial charge in [0.25, 0.3) is 0 Å². The molecular formula is C21H31F4N5. The number of rotatable bonds is 4. The van der Waals surface area contributed by atoms with Gasteiger partial charge in [-0.1, -0.05) is 12.1 Å². The highest BCUT2D eigenvalue weighted by Crippen LogP contribution is 2.33. The van der Waals surface area contributed by atoms with Gasteiger partial charge < -0.3 is 10.2 Å². The van der Waals surface area contributed by atoms with Gasteiger partial charge in [0, 0.05) is 51.2 Å². The fraction of sp³-hybridized carbons (Fsp3) is 0.714. The van der Waals surface area contributed by atoms with Crippen molar-refractivity contribution in [3.05, 3.63) is 35.6 Å². The molecule has 1 aromatic rings. The van der Waals surface area contributed by atoms with Gasteiger partial charge in [0.15, 0.2) is 0 Å². The van der Waals surface area contributed by atoms with E-state index in [9.17, 15) is 17.6 Å². The maximum atomic E-state index is 13.2. The van der Waals surface area contributed by atoms with Gasteiger partial charge in [-0.15, -0.1) is 0 Å². The first-order valence-electron chi connectivity index (χ1n) is 10.8. The lowest BCUT2D eigenvalue weighted by molar-refractivity contribution is -0.182. The Labute approximate surface area is 175 Å². The van der Waals surface area contributed by atoms with E-state index in [0.29, 0.717) is 12.3 Å². The molecule has 3 saturated heterocycles. The Morgan fingerprint density at radius 2 is 1.83 bits per heavy atom. The van der Waals surface area contributed by atoms with E-state index >= 15 is 0 Å². The van der Waals surface area contributed by atoms with Crippen molar-refractivity contribution < 1.29 is 17.6 Å². The fourth-order valence-corrected chi connectivity index (χ4v) is 5.14. The summed E-state index contributed by atoms with van der Waals surface area (Å²) in [5, 5.41) is 3.13. The van der Waals surface area contributed by atoms with Gasteiger partial charge in [-0.25, -0.2) is 9.82 Å². The second-order valence-corrected chi connectivity index (χ2v) is 8.90. The predicted octanol–water partition coefficient (Wildman–Crippen LogP) is 2.48. The maximum absolute atomic E-state index is 13.2. The zero-order valence-corrected chi connectivity index (χ0v) is 17.3. The number of nitrogens with one attached hydrogen (secondary N) is 3. The zero-order chi connectivity index (χ0) is 21.3. The molecule has 5 unspecified atom stereocenters. The SMILES string of the molecule is CC1CN(CC2CNNC2c2ccc(F)cc2)CCN1C1CCC(C(F)(F)F)CN1. The Morgan fingerprint density at radius 1 is 1.07 bits per heavy atom. The van der Waals surface area contributed by atoms with Crippen LogP contribution >= 0.6 is 0 Å². The minimum Gasteiger partial charge on any atom is -0.301 e. The van der Waals surface area contributed by atoms with E-state index in [-0.39, 0.29) is 37.0 Å². The molecule has 0 bridgehead atoms. The van der Waals surface area contributed by atoms with E-state index < -0.39 is 12.1 Å². The maximum Gasteiger partial charge on any atom is 0.393 e. The molecule has 0 spiro atoms. The van der Waals surface area contributed by atoms with Gasteiger partial charge in [0.1, 0.15) is 5.82 Å². The van der Waals surface area contributed by atoms with Crippen LogP contribution in [0.25, 0.3) is 0 Å². The Hall–Kier alpha value is -1.26. The quantitative estimate of drug-likeness (QED) is 0.642. The number of nitrogens with zero attached hydrogens (tertiary/aromatic N) is 2. The van der Waals surface area contributed by atoms with E-state index in [0.717, 1.165) is 38.3 Å². The van der Waals surface area contributed by atoms with E-state index in [1.54, 1.807) is 0 Å². The van der Waals surface area contributed by atoms with Crippen LogP contribution in [0.15, 0.2) is 24.3 Å². The predicted molar refractivity (Wildman–Crippen MR) is 107 cm³/mol. The number of alkyl halides is 3. The molecule has 9 heteroatoms. The molecule has 0 aliphatic carbocycles. The summed E-state index contributed by atoms with van der Waals surface area (Å²) in [5.41, 5.74) is 7.61. The van der Waals surface area contributed by atoms with E-state index in [1.807, 2.05) is 12.1 Å². The summed E-state index contributed by atoms with van der Waals surface area (Å²) < 4.78 is 52.0. The zero-order valence-electron chi connectivity index (χ0n) is 17.3. The topological polar surface area (TPSA) is 42.6 Å². The number of piperazine rings is 1. The van der Waals surface area contributed by atoms with Crippen molar-refractivity contribution in [2.45, 2.75) is 44.2 Å². The second kappa shape index (κ2) is 9.08. The molecule has 3 heterocycles. The molecule has 3 fully saturated rings. The Morgan fingerprint density at radius 3 is 2.47 bits per heavy atom. The number of hydrogen-bond donors (Lipinski definition) is 3. The molecule has 4 rings (SSSR count). The summed E-state index contributed by atoms with van der Waals surface area (Å²) in [7, 11) is 0. The lowest BCUT2D eigenvalue weighted by atomic mass is 9.93. The van der Waals surface area contributed by atoms with Crippen LogP contribution in [-0.4, -0.2) is 67.5 Å². The molecule has 3 aliphatic rings. The molecule has 5 nitrogen and oxygen atoms in total. The average molecular weight is 430 g/mol. The number of halogens is 4. The number of hydrazine groups is 1. The number of benzene rings is 1. The van der Waals surface area contributed by atoms with Crippen molar-refractivity contribution in [3.63, 3.8) is 0 Å². The molecule has 30 heavy (non-hydrogen) atoms. The molecular weight excluding hydrogens is 398 g/mol. The summed E-state index contributed by atoms with van der Waals surface area (Å²) in [5.74, 6) is -1.09. The van der Waals surface area contributed by atoms with E-state index in [2.05, 4.69) is 32.9 Å². The van der Waals surface area contributed by atoms with Crippen LogP contribution in [0.1, 0.15) is 31.4 Å². The van der Waals surface area contributed by atoms with Crippen molar-refractivity contribution in [3.8, 4) is 0 Å². The Kier molecular flexibility index (Phi) is 6.64. The lowest BCUT2D eigenvalue weighted by Crippen LogP contribution is -2.61. The van der Waals surface area contributed by atoms with Crippen molar-refractivity contribution in [1.29, 1.82) is 0 Å². The second-order valence-electron chi connectivity index (χ2n) is 8.90. The first-order chi connectivity index (χ1) is 14.3. The van der Waals surface area contributed by atoms with Crippen LogP contribution in [-0.2, 0) is 0 Å². The van der Waals surface area contributed by atoms with Crippen LogP contribution < -0.4 is 16.2 Å². The summed E-state index contributed by atoms with van der Waals surface area (Å²) >= 11 is 0. The van der Waals surface area contributed by atoms with Gasteiger partial charge >= 0.3 is 6.18 Å². The molecule has 168 valence electrons. The van der Waals surface area contributed by atoms with Crippen LogP contribution in [0.3, 0.4) is 0 Å². The molecule has 0 radical (unpaired) electrons. The summed E-state index contributed by atoms with van der Waals surface area (Å²) in [6, 6.07) is 7.07. The summed E-state index contributed by atoms with van der Waals surface area (Å²) in [6.45, 7) is 6.59. The smallest absolute Gasteiger partial charge is 0.301 e. The minimum absolute atomic E-state index is 0.0138. The van der Waals surface area contributed by atoms with Crippen molar-refractivity contribution in [2.75, 3.05) is 39.3 Å². The first kappa shape index (κ1) is 22.0. The minimum atomic E-state index is -4.10. The third-order valence-corrected chi connectivity index (χ3v) is 6.83. The first-order valence-corrected chi connectivity index (χ1v) is 10.8. The molecule has 1 aromatic carbocycles. The average Bonchev–Trinajstić information content (AvgIpc) is 3.16. The number of hydrogen-bond acceptors (Lipinski definition) is 5. The third-order valence-electron chi connectivity index (χ3n) is 6.83. The molecule has 0 saturated carbocycles. The van der Waals surface area contributed by atoms with Crippen molar-refractivity contribution in [1.82, 2.24) is 26.0 Å². The van der Waals surface area contributed by atoms with E-state index in [4.69, 9.17) is 0 Å². The van der Waals surface area contributed by atoms with Gasteiger partial charge in [0.05, 0.1) is 18.1 Å². The Bertz CT molecular complexity index is 690. The molecule has 3 aliphatic heterocycles. The van der Waals surface area contributed by atoms with Gasteiger partial charge in [-0.2, -0.15) is 13.2 Å². The van der Waals surface area contributed by atoms with Crippen LogP contribution in [0.4, 0.5) is 17.6 Å². The molecule has 3 N–H and O–H groups in total. The monoisotopic (exact) mass is 429 g/mol.